The predicted molar refractivity (Wildman–Crippen MR) is 108 cm³/mol. The Balaban J connectivity index is 1.50. The number of esters is 2. The number of carbonyl (C=O) groups is 2. The van der Waals surface area contributed by atoms with Crippen molar-refractivity contribution in [1.82, 2.24) is 0 Å². The van der Waals surface area contributed by atoms with Gasteiger partial charge in [-0.2, -0.15) is 0 Å². The van der Waals surface area contributed by atoms with E-state index in [2.05, 4.69) is 0 Å². The summed E-state index contributed by atoms with van der Waals surface area (Å²) in [4.78, 5) is 23.5. The van der Waals surface area contributed by atoms with Crippen LogP contribution in [-0.2, 0) is 9.59 Å². The zero-order chi connectivity index (χ0) is 21.9. The van der Waals surface area contributed by atoms with E-state index >= 15 is 0 Å². The van der Waals surface area contributed by atoms with E-state index in [1.165, 1.54) is 36.4 Å². The Hall–Kier alpha value is -3.42. The second-order valence-corrected chi connectivity index (χ2v) is 6.87. The molecule has 0 spiro atoms. The first-order valence-corrected chi connectivity index (χ1v) is 9.80. The van der Waals surface area contributed by atoms with Gasteiger partial charge in [-0.25, -0.2) is 0 Å². The van der Waals surface area contributed by atoms with E-state index < -0.39 is 11.9 Å². The Morgan fingerprint density at radius 1 is 0.567 bits per heavy atom. The summed E-state index contributed by atoms with van der Waals surface area (Å²) in [6, 6.07) is 7.68. The van der Waals surface area contributed by atoms with Crippen LogP contribution in [-0.4, -0.2) is 32.4 Å². The molecule has 8 heteroatoms. The maximum Gasteiger partial charge on any atom is 0.311 e. The summed E-state index contributed by atoms with van der Waals surface area (Å²) in [6.45, 7) is 0. The van der Waals surface area contributed by atoms with Crippen LogP contribution < -0.4 is 9.47 Å². The SMILES string of the molecule is O=C(CCCCCCCCC(=O)Oc1ccc(O)c(O)c1)Oc1ccc(O)c(O)c1. The van der Waals surface area contributed by atoms with E-state index in [4.69, 9.17) is 9.47 Å². The van der Waals surface area contributed by atoms with E-state index in [1.54, 1.807) is 0 Å². The molecule has 0 radical (unpaired) electrons. The molecule has 162 valence electrons. The minimum atomic E-state index is -0.400. The van der Waals surface area contributed by atoms with Crippen molar-refractivity contribution >= 4 is 11.9 Å². The van der Waals surface area contributed by atoms with Gasteiger partial charge in [0.2, 0.25) is 0 Å². The fraction of sp³-hybridized carbons (Fsp3) is 0.364. The number of aromatic hydroxyl groups is 4. The Morgan fingerprint density at radius 2 is 0.933 bits per heavy atom. The highest BCUT2D eigenvalue weighted by Gasteiger charge is 2.09. The van der Waals surface area contributed by atoms with Crippen LogP contribution in [0, 0.1) is 0 Å². The average Bonchev–Trinajstić information content (AvgIpc) is 2.69. The van der Waals surface area contributed by atoms with Crippen LogP contribution in [0.15, 0.2) is 36.4 Å². The molecule has 0 aromatic heterocycles. The number of rotatable bonds is 11. The summed E-state index contributed by atoms with van der Waals surface area (Å²) in [6.07, 6.45) is 5.42. The van der Waals surface area contributed by atoms with Gasteiger partial charge in [0.1, 0.15) is 11.5 Å². The predicted octanol–water partition coefficient (Wildman–Crippen LogP) is 4.14. The molecule has 0 saturated carbocycles. The van der Waals surface area contributed by atoms with Crippen LogP contribution in [0.1, 0.15) is 51.4 Å². The van der Waals surface area contributed by atoms with Gasteiger partial charge in [0, 0.05) is 25.0 Å². The third kappa shape index (κ3) is 7.90. The van der Waals surface area contributed by atoms with E-state index in [-0.39, 0.29) is 47.3 Å². The summed E-state index contributed by atoms with van der Waals surface area (Å²) in [5, 5.41) is 37.2. The first-order valence-electron chi connectivity index (χ1n) is 9.80. The lowest BCUT2D eigenvalue weighted by atomic mass is 10.1. The van der Waals surface area contributed by atoms with Gasteiger partial charge in [-0.05, 0) is 37.1 Å². The largest absolute Gasteiger partial charge is 0.504 e. The van der Waals surface area contributed by atoms with Gasteiger partial charge in [-0.3, -0.25) is 9.59 Å². The first-order chi connectivity index (χ1) is 14.3. The van der Waals surface area contributed by atoms with Crippen LogP contribution >= 0.6 is 0 Å². The number of hydrogen-bond donors (Lipinski definition) is 4. The van der Waals surface area contributed by atoms with Crippen molar-refractivity contribution in [3.8, 4) is 34.5 Å². The topological polar surface area (TPSA) is 134 Å². The van der Waals surface area contributed by atoms with E-state index in [1.807, 2.05) is 0 Å². The van der Waals surface area contributed by atoms with Crippen molar-refractivity contribution in [2.24, 2.45) is 0 Å². The van der Waals surface area contributed by atoms with Crippen LogP contribution in [0.3, 0.4) is 0 Å². The van der Waals surface area contributed by atoms with Gasteiger partial charge in [0.25, 0.3) is 0 Å². The molecule has 4 N–H and O–H groups in total. The van der Waals surface area contributed by atoms with E-state index in [0.29, 0.717) is 12.8 Å². The minimum absolute atomic E-state index is 0.185. The molecule has 0 bridgehead atoms. The number of hydrogen-bond acceptors (Lipinski definition) is 8. The lowest BCUT2D eigenvalue weighted by molar-refractivity contribution is -0.135. The molecule has 0 heterocycles. The molecule has 8 nitrogen and oxygen atoms in total. The van der Waals surface area contributed by atoms with Crippen molar-refractivity contribution in [1.29, 1.82) is 0 Å². The van der Waals surface area contributed by atoms with Gasteiger partial charge in [0.05, 0.1) is 0 Å². The monoisotopic (exact) mass is 418 g/mol. The molecule has 0 aliphatic heterocycles. The third-order valence-corrected chi connectivity index (χ3v) is 4.37. The Bertz CT molecular complexity index is 791. The maximum atomic E-state index is 11.8. The zero-order valence-electron chi connectivity index (χ0n) is 16.5. The molecule has 0 fully saturated rings. The Morgan fingerprint density at radius 3 is 1.30 bits per heavy atom. The number of ether oxygens (including phenoxy) is 2. The molecule has 0 aliphatic carbocycles. The standard InChI is InChI=1S/C22H26O8/c23-17-11-9-15(13-19(17)25)29-21(27)7-5-3-1-2-4-6-8-22(28)30-16-10-12-18(24)20(26)14-16/h9-14,23-26H,1-8H2. The van der Waals surface area contributed by atoms with Crippen LogP contribution in [0.4, 0.5) is 0 Å². The highest BCUT2D eigenvalue weighted by molar-refractivity contribution is 5.73. The van der Waals surface area contributed by atoms with Gasteiger partial charge in [-0.15, -0.1) is 0 Å². The van der Waals surface area contributed by atoms with Crippen LogP contribution in [0.2, 0.25) is 0 Å². The van der Waals surface area contributed by atoms with Gasteiger partial charge in [0.15, 0.2) is 23.0 Å². The second kappa shape index (κ2) is 11.5. The van der Waals surface area contributed by atoms with E-state index in [0.717, 1.165) is 25.7 Å². The highest BCUT2D eigenvalue weighted by Crippen LogP contribution is 2.29. The molecule has 2 aromatic rings. The average molecular weight is 418 g/mol. The smallest absolute Gasteiger partial charge is 0.311 e. The van der Waals surface area contributed by atoms with Crippen LogP contribution in [0.25, 0.3) is 0 Å². The normalized spacial score (nSPS) is 10.5. The maximum absolute atomic E-state index is 11.8. The number of carbonyl (C=O) groups excluding carboxylic acids is 2. The molecule has 0 saturated heterocycles. The molecule has 0 unspecified atom stereocenters. The summed E-state index contributed by atoms with van der Waals surface area (Å²) in [7, 11) is 0. The zero-order valence-corrected chi connectivity index (χ0v) is 16.5. The number of unbranched alkanes of at least 4 members (excludes halogenated alkanes) is 5. The lowest BCUT2D eigenvalue weighted by Crippen LogP contribution is -2.07. The third-order valence-electron chi connectivity index (χ3n) is 4.37. The fourth-order valence-corrected chi connectivity index (χ4v) is 2.74. The Kier molecular flexibility index (Phi) is 8.80. The summed E-state index contributed by atoms with van der Waals surface area (Å²) >= 11 is 0. The minimum Gasteiger partial charge on any atom is -0.504 e. The molecule has 0 atom stereocenters. The summed E-state index contributed by atoms with van der Waals surface area (Å²) in [5.74, 6) is -1.66. The highest BCUT2D eigenvalue weighted by atomic mass is 16.5. The number of phenols is 4. The molecule has 2 rings (SSSR count). The fourth-order valence-electron chi connectivity index (χ4n) is 2.74. The van der Waals surface area contributed by atoms with Crippen molar-refractivity contribution < 1.29 is 39.5 Å². The van der Waals surface area contributed by atoms with E-state index in [9.17, 15) is 30.0 Å². The van der Waals surface area contributed by atoms with Crippen molar-refractivity contribution in [2.75, 3.05) is 0 Å². The van der Waals surface area contributed by atoms with Crippen molar-refractivity contribution in [3.05, 3.63) is 36.4 Å². The summed E-state index contributed by atoms with van der Waals surface area (Å²) < 4.78 is 10.2. The number of phenolic OH excluding ortho intramolecular Hbond substituents is 4. The van der Waals surface area contributed by atoms with Gasteiger partial charge in [-0.1, -0.05) is 25.7 Å². The van der Waals surface area contributed by atoms with Crippen LogP contribution in [0.5, 0.6) is 34.5 Å². The molecular weight excluding hydrogens is 392 g/mol. The molecule has 30 heavy (non-hydrogen) atoms. The quantitative estimate of drug-likeness (QED) is 0.185. The summed E-state index contributed by atoms with van der Waals surface area (Å²) in [5.41, 5.74) is 0. The van der Waals surface area contributed by atoms with Gasteiger partial charge >= 0.3 is 11.9 Å². The molecule has 0 amide bonds. The second-order valence-electron chi connectivity index (χ2n) is 6.87. The molecule has 0 aliphatic rings. The van der Waals surface area contributed by atoms with Crippen molar-refractivity contribution in [2.45, 2.75) is 51.4 Å². The lowest BCUT2D eigenvalue weighted by Gasteiger charge is -2.06. The van der Waals surface area contributed by atoms with Crippen molar-refractivity contribution in [3.63, 3.8) is 0 Å². The Labute approximate surface area is 174 Å². The first kappa shape index (κ1) is 22.9. The molecular formula is C22H26O8. The number of benzene rings is 2. The van der Waals surface area contributed by atoms with Gasteiger partial charge < -0.3 is 29.9 Å². The molecule has 2 aromatic carbocycles.